The molecule has 0 aliphatic heterocycles. The van der Waals surface area contributed by atoms with Crippen molar-refractivity contribution in [1.29, 1.82) is 0 Å². The second kappa shape index (κ2) is 7.62. The lowest BCUT2D eigenvalue weighted by molar-refractivity contribution is 0.369. The quantitative estimate of drug-likeness (QED) is 0.832. The van der Waals surface area contributed by atoms with Crippen LogP contribution in [0.2, 0.25) is 0 Å². The number of halogens is 1. The van der Waals surface area contributed by atoms with Gasteiger partial charge in [0.2, 0.25) is 0 Å². The molecular weight excluding hydrogens is 301 g/mol. The maximum Gasteiger partial charge on any atom is 0.148 e. The van der Waals surface area contributed by atoms with Crippen LogP contribution in [0.15, 0.2) is 47.4 Å². The molecule has 0 radical (unpaired) electrons. The number of terminal acetylenes is 1. The second-order valence-corrected chi connectivity index (χ2v) is 5.96. The molecule has 0 heterocycles. The van der Waals surface area contributed by atoms with Gasteiger partial charge in [0.15, 0.2) is 0 Å². The van der Waals surface area contributed by atoms with Gasteiger partial charge in [0.1, 0.15) is 18.2 Å². The Morgan fingerprint density at radius 3 is 2.64 bits per heavy atom. The maximum atomic E-state index is 13.3. The highest BCUT2D eigenvalue weighted by Crippen LogP contribution is 2.26. The summed E-state index contributed by atoms with van der Waals surface area (Å²) in [4.78, 5) is 0.781. The monoisotopic (exact) mass is 317 g/mol. The lowest BCUT2D eigenvalue weighted by atomic mass is 10.2. The smallest absolute Gasteiger partial charge is 0.148 e. The average molecular weight is 317 g/mol. The molecule has 0 aliphatic rings. The van der Waals surface area contributed by atoms with Crippen LogP contribution in [-0.4, -0.2) is 17.1 Å². The van der Waals surface area contributed by atoms with Crippen LogP contribution in [0.25, 0.3) is 0 Å². The highest BCUT2D eigenvalue weighted by molar-refractivity contribution is 7.84. The van der Waals surface area contributed by atoms with Crippen LogP contribution in [0.4, 0.5) is 10.1 Å². The predicted molar refractivity (Wildman–Crippen MR) is 86.8 cm³/mol. The molecule has 22 heavy (non-hydrogen) atoms. The van der Waals surface area contributed by atoms with Gasteiger partial charge >= 0.3 is 0 Å². The van der Waals surface area contributed by atoms with Crippen LogP contribution in [0, 0.1) is 18.2 Å². The zero-order chi connectivity index (χ0) is 15.9. The summed E-state index contributed by atoms with van der Waals surface area (Å²) < 4.78 is 29.9. The second-order valence-electron chi connectivity index (χ2n) is 4.58. The highest BCUT2D eigenvalue weighted by Gasteiger charge is 2.05. The van der Waals surface area contributed by atoms with Crippen molar-refractivity contribution < 1.29 is 13.3 Å². The summed E-state index contributed by atoms with van der Waals surface area (Å²) in [5.41, 5.74) is 1.68. The van der Waals surface area contributed by atoms with Crippen molar-refractivity contribution in [2.45, 2.75) is 11.4 Å². The third-order valence-electron chi connectivity index (χ3n) is 2.99. The maximum absolute atomic E-state index is 13.3. The minimum atomic E-state index is -0.988. The molecule has 0 fully saturated rings. The first-order chi connectivity index (χ1) is 10.6. The van der Waals surface area contributed by atoms with Gasteiger partial charge in [-0.05, 0) is 29.8 Å². The van der Waals surface area contributed by atoms with Gasteiger partial charge in [-0.25, -0.2) is 4.39 Å². The Bertz CT molecular complexity index is 708. The zero-order valence-corrected chi connectivity index (χ0v) is 13.0. The fourth-order valence-electron chi connectivity index (χ4n) is 1.88. The molecule has 0 saturated heterocycles. The molecule has 0 aliphatic carbocycles. The lowest BCUT2D eigenvalue weighted by Gasteiger charge is -2.12. The number of benzene rings is 2. The molecule has 0 amide bonds. The minimum Gasteiger partial charge on any atom is -0.479 e. The van der Waals surface area contributed by atoms with E-state index in [1.54, 1.807) is 12.3 Å². The van der Waals surface area contributed by atoms with Crippen LogP contribution < -0.4 is 10.1 Å². The summed E-state index contributed by atoms with van der Waals surface area (Å²) >= 11 is 0. The van der Waals surface area contributed by atoms with E-state index in [1.165, 1.54) is 12.1 Å². The molecular formula is C17H16FNO2S. The highest BCUT2D eigenvalue weighted by atomic mass is 32.2. The van der Waals surface area contributed by atoms with Gasteiger partial charge in [0.25, 0.3) is 0 Å². The normalized spacial score (nSPS) is 11.5. The van der Waals surface area contributed by atoms with E-state index in [1.807, 2.05) is 24.3 Å². The Morgan fingerprint density at radius 1 is 1.27 bits per heavy atom. The lowest BCUT2D eigenvalue weighted by Crippen LogP contribution is -2.03. The van der Waals surface area contributed by atoms with Crippen molar-refractivity contribution in [2.24, 2.45) is 0 Å². The molecule has 3 nitrogen and oxygen atoms in total. The molecule has 114 valence electrons. The Balaban J connectivity index is 2.07. The number of hydrogen-bond donors (Lipinski definition) is 1. The van der Waals surface area contributed by atoms with Gasteiger partial charge in [-0.15, -0.1) is 6.42 Å². The standard InChI is InChI=1S/C17H16FNO2S/c1-3-10-21-17-11-14(18)6-9-16(17)19-12-13-4-7-15(8-5-13)22(2)20/h1,4-9,11,19H,10,12H2,2H3/t22-/m1/s1. The van der Waals surface area contributed by atoms with Crippen molar-refractivity contribution >= 4 is 16.5 Å². The van der Waals surface area contributed by atoms with Gasteiger partial charge in [-0.3, -0.25) is 4.21 Å². The molecule has 0 saturated carbocycles. The van der Waals surface area contributed by atoms with Gasteiger partial charge in [0, 0.05) is 34.6 Å². The molecule has 0 spiro atoms. The van der Waals surface area contributed by atoms with Crippen molar-refractivity contribution in [1.82, 2.24) is 0 Å². The van der Waals surface area contributed by atoms with Crippen molar-refractivity contribution in [3.05, 3.63) is 53.8 Å². The van der Waals surface area contributed by atoms with Gasteiger partial charge in [-0.2, -0.15) is 0 Å². The van der Waals surface area contributed by atoms with Gasteiger partial charge < -0.3 is 10.1 Å². The number of ether oxygens (including phenoxy) is 1. The first-order valence-corrected chi connectivity index (χ1v) is 8.18. The van der Waals surface area contributed by atoms with E-state index < -0.39 is 10.8 Å². The van der Waals surface area contributed by atoms with Crippen molar-refractivity contribution in [2.75, 3.05) is 18.2 Å². The van der Waals surface area contributed by atoms with E-state index in [0.29, 0.717) is 18.0 Å². The Labute approximate surface area is 132 Å². The molecule has 0 unspecified atom stereocenters. The van der Waals surface area contributed by atoms with Crippen LogP contribution in [-0.2, 0) is 17.3 Å². The summed E-state index contributed by atoms with van der Waals surface area (Å²) in [6.07, 6.45) is 6.79. The fraction of sp³-hybridized carbons (Fsp3) is 0.176. The minimum absolute atomic E-state index is 0.0785. The Morgan fingerprint density at radius 2 is 2.00 bits per heavy atom. The summed E-state index contributed by atoms with van der Waals surface area (Å²) in [7, 11) is -0.988. The zero-order valence-electron chi connectivity index (χ0n) is 12.1. The molecule has 0 aromatic heterocycles. The summed E-state index contributed by atoms with van der Waals surface area (Å²) in [5.74, 6) is 2.35. The number of anilines is 1. The molecule has 2 aromatic rings. The molecule has 2 aromatic carbocycles. The molecule has 2 rings (SSSR count). The Hall–Kier alpha value is -2.32. The SMILES string of the molecule is C#CCOc1cc(F)ccc1NCc1ccc([S@@](C)=O)cc1. The van der Waals surface area contributed by atoms with E-state index in [-0.39, 0.29) is 12.4 Å². The summed E-state index contributed by atoms with van der Waals surface area (Å²) in [6, 6.07) is 11.7. The van der Waals surface area contributed by atoms with Gasteiger partial charge in [-0.1, -0.05) is 18.1 Å². The van der Waals surface area contributed by atoms with Crippen LogP contribution in [0.1, 0.15) is 5.56 Å². The van der Waals surface area contributed by atoms with Crippen LogP contribution >= 0.6 is 0 Å². The molecule has 5 heteroatoms. The van der Waals surface area contributed by atoms with Gasteiger partial charge in [0.05, 0.1) is 5.69 Å². The Kier molecular flexibility index (Phi) is 5.56. The topological polar surface area (TPSA) is 38.3 Å². The first kappa shape index (κ1) is 16.1. The third-order valence-corrected chi connectivity index (χ3v) is 3.93. The fourth-order valence-corrected chi connectivity index (χ4v) is 2.40. The number of hydrogen-bond acceptors (Lipinski definition) is 3. The van der Waals surface area contributed by atoms with E-state index in [9.17, 15) is 8.60 Å². The molecule has 1 atom stereocenters. The molecule has 1 N–H and O–H groups in total. The third kappa shape index (κ3) is 4.34. The first-order valence-electron chi connectivity index (χ1n) is 6.62. The summed E-state index contributed by atoms with van der Waals surface area (Å²) in [5, 5.41) is 3.18. The summed E-state index contributed by atoms with van der Waals surface area (Å²) in [6.45, 7) is 0.615. The van der Waals surface area contributed by atoms with E-state index in [2.05, 4.69) is 11.2 Å². The predicted octanol–water partition coefficient (Wildman–Crippen LogP) is 3.19. The van der Waals surface area contributed by atoms with Crippen molar-refractivity contribution in [3.8, 4) is 18.1 Å². The average Bonchev–Trinajstić information content (AvgIpc) is 2.52. The van der Waals surface area contributed by atoms with E-state index in [0.717, 1.165) is 10.5 Å². The van der Waals surface area contributed by atoms with Crippen LogP contribution in [0.3, 0.4) is 0 Å². The van der Waals surface area contributed by atoms with Crippen LogP contribution in [0.5, 0.6) is 5.75 Å². The number of rotatable bonds is 6. The van der Waals surface area contributed by atoms with E-state index >= 15 is 0 Å². The van der Waals surface area contributed by atoms with E-state index in [4.69, 9.17) is 11.2 Å². The molecule has 0 bridgehead atoms. The van der Waals surface area contributed by atoms with Crippen molar-refractivity contribution in [3.63, 3.8) is 0 Å². The number of nitrogens with one attached hydrogen (secondary N) is 1. The largest absolute Gasteiger partial charge is 0.479 e.